The molecule has 0 aromatic carbocycles. The lowest BCUT2D eigenvalue weighted by atomic mass is 10.3. The van der Waals surface area contributed by atoms with Crippen LogP contribution in [0.1, 0.15) is 30.0 Å². The highest BCUT2D eigenvalue weighted by atomic mass is 19.3. The van der Waals surface area contributed by atoms with Crippen molar-refractivity contribution in [2.45, 2.75) is 32.9 Å². The monoisotopic (exact) mass is 288 g/mol. The van der Waals surface area contributed by atoms with E-state index in [0.717, 1.165) is 0 Å². The fourth-order valence-corrected chi connectivity index (χ4v) is 2.05. The lowest BCUT2D eigenvalue weighted by molar-refractivity contribution is -0.0370. The molecule has 7 heteroatoms. The molecular weight excluding hydrogens is 266 g/mol. The van der Waals surface area contributed by atoms with E-state index < -0.39 is 12.5 Å². The summed E-state index contributed by atoms with van der Waals surface area (Å²) in [6.07, 6.45) is 0. The number of rotatable bonds is 1. The Hall–Kier alpha value is -1.50. The molecule has 2 rings (SSSR count). The van der Waals surface area contributed by atoms with Gasteiger partial charge in [-0.1, -0.05) is 13.8 Å². The highest BCUT2D eigenvalue weighted by Crippen LogP contribution is 2.23. The molecule has 0 aliphatic carbocycles. The molecule has 0 unspecified atom stereocenters. The molecule has 0 saturated heterocycles. The van der Waals surface area contributed by atoms with Crippen LogP contribution in [0.5, 0.6) is 0 Å². The van der Waals surface area contributed by atoms with Crippen LogP contribution >= 0.6 is 0 Å². The third-order valence-electron chi connectivity index (χ3n) is 2.80. The highest BCUT2D eigenvalue weighted by Gasteiger charge is 2.36. The number of hydrogen-bond acceptors (Lipinski definition) is 3. The summed E-state index contributed by atoms with van der Waals surface area (Å²) >= 11 is 0. The summed E-state index contributed by atoms with van der Waals surface area (Å²) in [6, 6.07) is 1.58. The van der Waals surface area contributed by atoms with Gasteiger partial charge in [0.25, 0.3) is 11.8 Å². The van der Waals surface area contributed by atoms with Crippen molar-refractivity contribution in [3.05, 3.63) is 17.5 Å². The molecule has 1 aromatic heterocycles. The maximum absolute atomic E-state index is 13.6. The Balaban J connectivity index is 0.000000956. The summed E-state index contributed by atoms with van der Waals surface area (Å²) in [7, 11) is 4.84. The number of carbonyl (C=O) groups excluding carboxylic acids is 1. The summed E-state index contributed by atoms with van der Waals surface area (Å²) < 4.78 is 28.4. The molecule has 1 amide bonds. The van der Waals surface area contributed by atoms with E-state index in [-0.39, 0.29) is 18.1 Å². The van der Waals surface area contributed by atoms with Crippen LogP contribution in [0.4, 0.5) is 8.78 Å². The number of amides is 1. The molecule has 20 heavy (non-hydrogen) atoms. The number of alkyl halides is 2. The Kier molecular flexibility index (Phi) is 5.21. The fourth-order valence-electron chi connectivity index (χ4n) is 2.05. The largest absolute Gasteiger partial charge is 0.343 e. The minimum atomic E-state index is -2.83. The number of fused-ring (bicyclic) bond motifs is 1. The van der Waals surface area contributed by atoms with E-state index in [1.807, 2.05) is 13.8 Å². The lowest BCUT2D eigenvalue weighted by Crippen LogP contribution is -2.34. The van der Waals surface area contributed by atoms with Crippen molar-refractivity contribution in [2.24, 2.45) is 0 Å². The SMILES string of the molecule is CC.CN1Cc2cc(C(=O)N(C)C)nn2CC(F)(F)C1. The van der Waals surface area contributed by atoms with Gasteiger partial charge in [-0.15, -0.1) is 0 Å². The molecule has 0 radical (unpaired) electrons. The summed E-state index contributed by atoms with van der Waals surface area (Å²) in [5, 5.41) is 3.98. The third-order valence-corrected chi connectivity index (χ3v) is 2.80. The zero-order valence-electron chi connectivity index (χ0n) is 12.7. The van der Waals surface area contributed by atoms with E-state index >= 15 is 0 Å². The van der Waals surface area contributed by atoms with Crippen molar-refractivity contribution in [3.63, 3.8) is 0 Å². The molecule has 0 fully saturated rings. The fraction of sp³-hybridized carbons (Fsp3) is 0.692. The molecule has 1 aromatic rings. The van der Waals surface area contributed by atoms with Gasteiger partial charge in [0, 0.05) is 20.6 Å². The lowest BCUT2D eigenvalue weighted by Gasteiger charge is -2.18. The van der Waals surface area contributed by atoms with Crippen LogP contribution in [0, 0.1) is 0 Å². The zero-order valence-corrected chi connectivity index (χ0v) is 12.7. The number of aromatic nitrogens is 2. The highest BCUT2D eigenvalue weighted by molar-refractivity contribution is 5.92. The number of halogens is 2. The van der Waals surface area contributed by atoms with Gasteiger partial charge in [-0.25, -0.2) is 8.78 Å². The molecule has 2 heterocycles. The summed E-state index contributed by atoms with van der Waals surface area (Å²) in [6.45, 7) is 3.59. The Morgan fingerprint density at radius 3 is 2.50 bits per heavy atom. The Morgan fingerprint density at radius 2 is 1.95 bits per heavy atom. The molecule has 5 nitrogen and oxygen atoms in total. The van der Waals surface area contributed by atoms with Crippen LogP contribution in [-0.2, 0) is 13.1 Å². The van der Waals surface area contributed by atoms with E-state index in [2.05, 4.69) is 5.10 Å². The van der Waals surface area contributed by atoms with E-state index in [4.69, 9.17) is 0 Å². The first kappa shape index (κ1) is 16.6. The predicted octanol–water partition coefficient (Wildman–Crippen LogP) is 1.69. The van der Waals surface area contributed by atoms with Crippen molar-refractivity contribution in [1.82, 2.24) is 19.6 Å². The smallest absolute Gasteiger partial charge is 0.279 e. The second-order valence-electron chi connectivity index (χ2n) is 4.91. The first-order valence-electron chi connectivity index (χ1n) is 6.63. The minimum absolute atomic E-state index is 0.209. The van der Waals surface area contributed by atoms with Crippen LogP contribution in [-0.4, -0.2) is 59.1 Å². The van der Waals surface area contributed by atoms with Gasteiger partial charge in [0.1, 0.15) is 6.54 Å². The van der Waals surface area contributed by atoms with Crippen molar-refractivity contribution in [2.75, 3.05) is 27.7 Å². The van der Waals surface area contributed by atoms with Gasteiger partial charge in [-0.05, 0) is 13.1 Å². The Bertz CT molecular complexity index is 471. The third kappa shape index (κ3) is 3.75. The maximum atomic E-state index is 13.6. The van der Waals surface area contributed by atoms with Crippen LogP contribution in [0.25, 0.3) is 0 Å². The first-order valence-corrected chi connectivity index (χ1v) is 6.63. The summed E-state index contributed by atoms with van der Waals surface area (Å²) in [5.41, 5.74) is 0.848. The predicted molar refractivity (Wildman–Crippen MR) is 72.9 cm³/mol. The van der Waals surface area contributed by atoms with Gasteiger partial charge >= 0.3 is 0 Å². The van der Waals surface area contributed by atoms with Crippen molar-refractivity contribution in [3.8, 4) is 0 Å². The zero-order chi connectivity index (χ0) is 15.5. The second-order valence-corrected chi connectivity index (χ2v) is 4.91. The number of hydrogen-bond donors (Lipinski definition) is 0. The molecule has 0 saturated carbocycles. The minimum Gasteiger partial charge on any atom is -0.343 e. The van der Waals surface area contributed by atoms with E-state index in [1.54, 1.807) is 27.2 Å². The molecule has 0 bridgehead atoms. The van der Waals surface area contributed by atoms with Crippen LogP contribution in [0.15, 0.2) is 6.07 Å². The van der Waals surface area contributed by atoms with Gasteiger partial charge in [0.2, 0.25) is 0 Å². The van der Waals surface area contributed by atoms with Crippen molar-refractivity contribution in [1.29, 1.82) is 0 Å². The molecule has 1 aliphatic heterocycles. The molecule has 0 N–H and O–H groups in total. The van der Waals surface area contributed by atoms with Gasteiger partial charge in [0.15, 0.2) is 5.69 Å². The normalized spacial score (nSPS) is 17.6. The number of nitrogens with zero attached hydrogens (tertiary/aromatic N) is 4. The molecule has 114 valence electrons. The van der Waals surface area contributed by atoms with E-state index in [1.165, 1.54) is 14.5 Å². The van der Waals surface area contributed by atoms with E-state index in [0.29, 0.717) is 12.2 Å². The van der Waals surface area contributed by atoms with Crippen LogP contribution in [0.2, 0.25) is 0 Å². The standard InChI is InChI=1S/C11H16F2N4O.C2H6/c1-15(2)10(18)9-4-8-5-16(3)6-11(12,13)7-17(8)14-9;1-2/h4H,5-7H2,1-3H3;1-2H3. The molecule has 0 atom stereocenters. The van der Waals surface area contributed by atoms with E-state index in [9.17, 15) is 13.6 Å². The van der Waals surface area contributed by atoms with Gasteiger partial charge in [0.05, 0.1) is 12.2 Å². The average Bonchev–Trinajstić information content (AvgIpc) is 2.67. The quantitative estimate of drug-likeness (QED) is 0.789. The summed E-state index contributed by atoms with van der Waals surface area (Å²) in [4.78, 5) is 14.7. The summed E-state index contributed by atoms with van der Waals surface area (Å²) in [5.74, 6) is -3.11. The molecular formula is C13H22F2N4O. The van der Waals surface area contributed by atoms with Gasteiger partial charge in [-0.3, -0.25) is 14.4 Å². The van der Waals surface area contributed by atoms with Crippen LogP contribution in [0.3, 0.4) is 0 Å². The van der Waals surface area contributed by atoms with Crippen molar-refractivity contribution < 1.29 is 13.6 Å². The molecule has 1 aliphatic rings. The topological polar surface area (TPSA) is 41.4 Å². The average molecular weight is 288 g/mol. The van der Waals surface area contributed by atoms with Crippen LogP contribution < -0.4 is 0 Å². The second kappa shape index (κ2) is 6.30. The van der Waals surface area contributed by atoms with Gasteiger partial charge in [-0.2, -0.15) is 5.10 Å². The molecule has 0 spiro atoms. The number of carbonyl (C=O) groups is 1. The maximum Gasteiger partial charge on any atom is 0.279 e. The first-order chi connectivity index (χ1) is 9.28. The Labute approximate surface area is 118 Å². The van der Waals surface area contributed by atoms with Gasteiger partial charge < -0.3 is 4.90 Å². The Morgan fingerprint density at radius 1 is 1.35 bits per heavy atom. The van der Waals surface area contributed by atoms with Crippen molar-refractivity contribution >= 4 is 5.91 Å².